The Morgan fingerprint density at radius 2 is 2.15 bits per heavy atom. The molecule has 1 aliphatic rings. The van der Waals surface area contributed by atoms with Gasteiger partial charge >= 0.3 is 6.18 Å². The summed E-state index contributed by atoms with van der Waals surface area (Å²) in [6.45, 7) is 5.44. The highest BCUT2D eigenvalue weighted by Gasteiger charge is 2.38. The van der Waals surface area contributed by atoms with Gasteiger partial charge in [-0.3, -0.25) is 4.79 Å². The normalized spacial score (nSPS) is 15.4. The maximum absolute atomic E-state index is 13.3. The number of alkyl halides is 3. The molecule has 2 N–H and O–H groups in total. The molecule has 0 fully saturated rings. The Kier molecular flexibility index (Phi) is 5.04. The van der Waals surface area contributed by atoms with Crippen molar-refractivity contribution in [1.82, 2.24) is 20.2 Å². The van der Waals surface area contributed by atoms with Gasteiger partial charge in [0.15, 0.2) is 0 Å². The quantitative estimate of drug-likeness (QED) is 0.817. The van der Waals surface area contributed by atoms with Gasteiger partial charge in [-0.2, -0.15) is 13.2 Å². The molecule has 3 rings (SSSR count). The molecule has 1 aromatic heterocycles. The first-order chi connectivity index (χ1) is 12.3. The highest BCUT2D eigenvalue weighted by Crippen LogP contribution is 2.33. The van der Waals surface area contributed by atoms with E-state index in [1.807, 2.05) is 6.08 Å². The number of carbonyl (C=O) groups excluding carboxylic acids is 1. The standard InChI is InChI=1S/C18H21F3N4O/c1-11(2)25-15-4-3-13(9-14(15)24-17(25)18(19,20)21)16(26)23-10-12-5-7-22-8-6-12/h3-5,9,11,22H,6-8,10H2,1-2H3,(H,23,26). The number of amides is 1. The Morgan fingerprint density at radius 1 is 1.38 bits per heavy atom. The molecule has 0 atom stereocenters. The smallest absolute Gasteiger partial charge is 0.348 e. The third-order valence-corrected chi connectivity index (χ3v) is 4.36. The molecule has 1 amide bonds. The third-order valence-electron chi connectivity index (χ3n) is 4.36. The van der Waals surface area contributed by atoms with E-state index in [0.717, 1.165) is 29.7 Å². The van der Waals surface area contributed by atoms with Crippen LogP contribution in [0.3, 0.4) is 0 Å². The lowest BCUT2D eigenvalue weighted by Crippen LogP contribution is -2.29. The third kappa shape index (κ3) is 3.75. The molecule has 0 spiro atoms. The molecule has 140 valence electrons. The molecule has 0 saturated carbocycles. The van der Waals surface area contributed by atoms with Gasteiger partial charge in [-0.1, -0.05) is 11.6 Å². The van der Waals surface area contributed by atoms with Crippen molar-refractivity contribution in [2.45, 2.75) is 32.5 Å². The second-order valence-corrected chi connectivity index (χ2v) is 6.60. The van der Waals surface area contributed by atoms with E-state index < -0.39 is 18.0 Å². The number of nitrogens with one attached hydrogen (secondary N) is 2. The maximum atomic E-state index is 13.3. The van der Waals surface area contributed by atoms with Crippen LogP contribution in [0, 0.1) is 0 Å². The topological polar surface area (TPSA) is 59.0 Å². The molecule has 0 aliphatic carbocycles. The van der Waals surface area contributed by atoms with Gasteiger partial charge in [0.05, 0.1) is 11.0 Å². The van der Waals surface area contributed by atoms with Gasteiger partial charge in [-0.25, -0.2) is 4.98 Å². The molecule has 26 heavy (non-hydrogen) atoms. The summed E-state index contributed by atoms with van der Waals surface area (Å²) >= 11 is 0. The number of aromatic nitrogens is 2. The van der Waals surface area contributed by atoms with E-state index in [2.05, 4.69) is 15.6 Å². The molecule has 0 saturated heterocycles. The first-order valence-corrected chi connectivity index (χ1v) is 8.53. The Hall–Kier alpha value is -2.35. The molecular formula is C18H21F3N4O. The molecule has 1 aromatic carbocycles. The average molecular weight is 366 g/mol. The van der Waals surface area contributed by atoms with Gasteiger partial charge in [-0.15, -0.1) is 0 Å². The summed E-state index contributed by atoms with van der Waals surface area (Å²) < 4.78 is 40.9. The molecule has 5 nitrogen and oxygen atoms in total. The highest BCUT2D eigenvalue weighted by atomic mass is 19.4. The lowest BCUT2D eigenvalue weighted by molar-refractivity contribution is -0.147. The van der Waals surface area contributed by atoms with Crippen molar-refractivity contribution in [3.05, 3.63) is 41.2 Å². The second kappa shape index (κ2) is 7.11. The van der Waals surface area contributed by atoms with Crippen LogP contribution in [-0.2, 0) is 6.18 Å². The van der Waals surface area contributed by atoms with Crippen molar-refractivity contribution in [3.63, 3.8) is 0 Å². The van der Waals surface area contributed by atoms with Gasteiger partial charge in [0.25, 0.3) is 5.91 Å². The van der Waals surface area contributed by atoms with E-state index in [0.29, 0.717) is 17.6 Å². The highest BCUT2D eigenvalue weighted by molar-refractivity contribution is 5.97. The first-order valence-electron chi connectivity index (χ1n) is 8.53. The van der Waals surface area contributed by atoms with E-state index in [-0.39, 0.29) is 11.4 Å². The maximum Gasteiger partial charge on any atom is 0.449 e. The number of carbonyl (C=O) groups is 1. The Bertz CT molecular complexity index is 852. The van der Waals surface area contributed by atoms with Crippen molar-refractivity contribution in [2.24, 2.45) is 0 Å². The minimum atomic E-state index is -4.55. The fourth-order valence-corrected chi connectivity index (χ4v) is 3.09. The fourth-order valence-electron chi connectivity index (χ4n) is 3.09. The largest absolute Gasteiger partial charge is 0.449 e. The molecule has 2 heterocycles. The Labute approximate surface area is 149 Å². The van der Waals surface area contributed by atoms with Gasteiger partial charge < -0.3 is 15.2 Å². The van der Waals surface area contributed by atoms with Crippen LogP contribution in [0.1, 0.15) is 42.5 Å². The van der Waals surface area contributed by atoms with Gasteiger partial charge in [0.1, 0.15) is 0 Å². The lowest BCUT2D eigenvalue weighted by Gasteiger charge is -2.15. The minimum absolute atomic E-state index is 0.166. The monoisotopic (exact) mass is 366 g/mol. The van der Waals surface area contributed by atoms with E-state index >= 15 is 0 Å². The number of imidazole rings is 1. The predicted octanol–water partition coefficient (Wildman–Crippen LogP) is 3.29. The summed E-state index contributed by atoms with van der Waals surface area (Å²) in [5.41, 5.74) is 1.97. The number of fused-ring (bicyclic) bond motifs is 1. The van der Waals surface area contributed by atoms with Crippen molar-refractivity contribution in [3.8, 4) is 0 Å². The van der Waals surface area contributed by atoms with E-state index in [1.54, 1.807) is 13.8 Å². The Morgan fingerprint density at radius 3 is 2.77 bits per heavy atom. The molecule has 0 unspecified atom stereocenters. The zero-order valence-corrected chi connectivity index (χ0v) is 14.7. The van der Waals surface area contributed by atoms with Gasteiger partial charge in [0, 0.05) is 24.7 Å². The van der Waals surface area contributed by atoms with Crippen molar-refractivity contribution >= 4 is 16.9 Å². The SMILES string of the molecule is CC(C)n1c(C(F)(F)F)nc2cc(C(=O)NCC3=CCNCC3)ccc21. The summed E-state index contributed by atoms with van der Waals surface area (Å²) in [7, 11) is 0. The van der Waals surface area contributed by atoms with Gasteiger partial charge in [-0.05, 0) is 45.0 Å². The molecule has 1 aliphatic heterocycles. The number of hydrogen-bond acceptors (Lipinski definition) is 3. The van der Waals surface area contributed by atoms with Crippen LogP contribution in [-0.4, -0.2) is 35.1 Å². The van der Waals surface area contributed by atoms with Crippen molar-refractivity contribution < 1.29 is 18.0 Å². The number of hydrogen-bond donors (Lipinski definition) is 2. The number of benzene rings is 1. The molecular weight excluding hydrogens is 345 g/mol. The lowest BCUT2D eigenvalue weighted by atomic mass is 10.1. The number of halogens is 3. The van der Waals surface area contributed by atoms with E-state index in [9.17, 15) is 18.0 Å². The molecule has 2 aromatic rings. The zero-order chi connectivity index (χ0) is 18.9. The molecule has 0 radical (unpaired) electrons. The van der Waals surface area contributed by atoms with Crippen LogP contribution < -0.4 is 10.6 Å². The summed E-state index contributed by atoms with van der Waals surface area (Å²) in [4.78, 5) is 16.1. The summed E-state index contributed by atoms with van der Waals surface area (Å²) in [6, 6.07) is 4.07. The summed E-state index contributed by atoms with van der Waals surface area (Å²) in [5, 5.41) is 6.01. The van der Waals surface area contributed by atoms with Crippen molar-refractivity contribution in [1.29, 1.82) is 0 Å². The summed E-state index contributed by atoms with van der Waals surface area (Å²) in [6.07, 6.45) is -1.65. The average Bonchev–Trinajstić information content (AvgIpc) is 3.00. The molecule has 8 heteroatoms. The second-order valence-electron chi connectivity index (χ2n) is 6.60. The van der Waals surface area contributed by atoms with Gasteiger partial charge in [0.2, 0.25) is 5.82 Å². The van der Waals surface area contributed by atoms with Crippen LogP contribution in [0.2, 0.25) is 0 Å². The van der Waals surface area contributed by atoms with Crippen LogP contribution >= 0.6 is 0 Å². The van der Waals surface area contributed by atoms with E-state index in [1.165, 1.54) is 18.2 Å². The minimum Gasteiger partial charge on any atom is -0.348 e. The number of rotatable bonds is 4. The van der Waals surface area contributed by atoms with Crippen LogP contribution in [0.15, 0.2) is 29.8 Å². The number of nitrogens with zero attached hydrogens (tertiary/aromatic N) is 2. The summed E-state index contributed by atoms with van der Waals surface area (Å²) in [5.74, 6) is -1.26. The predicted molar refractivity (Wildman–Crippen MR) is 93.0 cm³/mol. The fraction of sp³-hybridized carbons (Fsp3) is 0.444. The van der Waals surface area contributed by atoms with Crippen LogP contribution in [0.5, 0.6) is 0 Å². The van der Waals surface area contributed by atoms with E-state index in [4.69, 9.17) is 0 Å². The van der Waals surface area contributed by atoms with Crippen LogP contribution in [0.25, 0.3) is 11.0 Å². The molecule has 0 bridgehead atoms. The zero-order valence-electron chi connectivity index (χ0n) is 14.7. The Balaban J connectivity index is 1.86. The first kappa shape index (κ1) is 18.4. The van der Waals surface area contributed by atoms with Crippen LogP contribution in [0.4, 0.5) is 13.2 Å². The van der Waals surface area contributed by atoms with Crippen molar-refractivity contribution in [2.75, 3.05) is 19.6 Å².